The summed E-state index contributed by atoms with van der Waals surface area (Å²) in [6, 6.07) is 18.1. The number of para-hydroxylation sites is 1. The Morgan fingerprint density at radius 3 is 2.10 bits per heavy atom. The van der Waals surface area contributed by atoms with E-state index in [4.69, 9.17) is 4.74 Å². The van der Waals surface area contributed by atoms with Gasteiger partial charge in [-0.3, -0.25) is 9.59 Å². The number of carbonyl (C=O) groups excluding carboxylic acids is 3. The van der Waals surface area contributed by atoms with Crippen molar-refractivity contribution in [3.05, 3.63) is 77.6 Å². The number of esters is 1. The van der Waals surface area contributed by atoms with Gasteiger partial charge in [0.25, 0.3) is 5.91 Å². The fourth-order valence-electron chi connectivity index (χ4n) is 3.19. The third-order valence-corrected chi connectivity index (χ3v) is 4.49. The number of ether oxygens (including phenoxy) is 1. The molecule has 154 valence electrons. The van der Waals surface area contributed by atoms with E-state index in [1.165, 1.54) is 6.92 Å². The number of nitrogens with zero attached hydrogens (tertiary/aromatic N) is 1. The first-order valence-corrected chi connectivity index (χ1v) is 9.44. The summed E-state index contributed by atoms with van der Waals surface area (Å²) in [6.07, 6.45) is 0. The fourth-order valence-corrected chi connectivity index (χ4v) is 3.19. The van der Waals surface area contributed by atoms with E-state index in [1.807, 2.05) is 48.7 Å². The minimum Gasteiger partial charge on any atom is -0.452 e. The zero-order valence-corrected chi connectivity index (χ0v) is 17.1. The number of amides is 2. The van der Waals surface area contributed by atoms with Crippen molar-refractivity contribution in [2.24, 2.45) is 0 Å². The van der Waals surface area contributed by atoms with Crippen molar-refractivity contribution < 1.29 is 19.1 Å². The van der Waals surface area contributed by atoms with Gasteiger partial charge in [-0.15, -0.1) is 0 Å². The number of anilines is 2. The van der Waals surface area contributed by atoms with Crippen LogP contribution < -0.4 is 10.6 Å². The molecule has 0 saturated carbocycles. The summed E-state index contributed by atoms with van der Waals surface area (Å²) >= 11 is 0. The Hall–Kier alpha value is -3.87. The molecule has 1 heterocycles. The van der Waals surface area contributed by atoms with Crippen LogP contribution in [-0.4, -0.2) is 29.0 Å². The molecule has 3 aromatic rings. The first-order valence-electron chi connectivity index (χ1n) is 9.44. The lowest BCUT2D eigenvalue weighted by Gasteiger charge is -2.10. The average Bonchev–Trinajstić information content (AvgIpc) is 3.02. The molecule has 0 saturated heterocycles. The Morgan fingerprint density at radius 2 is 1.50 bits per heavy atom. The van der Waals surface area contributed by atoms with Crippen molar-refractivity contribution in [3.63, 3.8) is 0 Å². The van der Waals surface area contributed by atoms with E-state index in [0.29, 0.717) is 16.9 Å². The van der Waals surface area contributed by atoms with Crippen LogP contribution >= 0.6 is 0 Å². The van der Waals surface area contributed by atoms with Gasteiger partial charge < -0.3 is 19.9 Å². The molecule has 7 nitrogen and oxygen atoms in total. The van der Waals surface area contributed by atoms with E-state index < -0.39 is 18.5 Å². The van der Waals surface area contributed by atoms with E-state index >= 15 is 0 Å². The summed E-state index contributed by atoms with van der Waals surface area (Å²) in [7, 11) is 0. The number of aryl methyl sites for hydroxylation is 1. The Balaban J connectivity index is 1.60. The van der Waals surface area contributed by atoms with Gasteiger partial charge in [-0.2, -0.15) is 0 Å². The maximum atomic E-state index is 12.5. The number of benzene rings is 2. The highest BCUT2D eigenvalue weighted by molar-refractivity contribution is 5.96. The van der Waals surface area contributed by atoms with E-state index in [0.717, 1.165) is 17.1 Å². The third kappa shape index (κ3) is 4.94. The first kappa shape index (κ1) is 20.9. The Morgan fingerprint density at radius 1 is 0.900 bits per heavy atom. The molecule has 1 aromatic heterocycles. The van der Waals surface area contributed by atoms with Gasteiger partial charge >= 0.3 is 5.97 Å². The van der Waals surface area contributed by atoms with Gasteiger partial charge in [-0.1, -0.05) is 18.2 Å². The van der Waals surface area contributed by atoms with Crippen molar-refractivity contribution in [2.75, 3.05) is 17.2 Å². The summed E-state index contributed by atoms with van der Waals surface area (Å²) < 4.78 is 7.17. The Labute approximate surface area is 174 Å². The maximum absolute atomic E-state index is 12.5. The third-order valence-electron chi connectivity index (χ3n) is 4.49. The van der Waals surface area contributed by atoms with Crippen LogP contribution in [0.4, 0.5) is 11.4 Å². The standard InChI is InChI=1S/C23H23N3O4/c1-15-13-21(16(2)26(15)20-7-5-4-6-8-20)23(29)30-14-22(28)25-19-11-9-18(10-12-19)24-17(3)27/h4-13H,14H2,1-3H3,(H,24,27)(H,25,28). The van der Waals surface area contributed by atoms with Gasteiger partial charge in [0.05, 0.1) is 5.56 Å². The second kappa shape index (κ2) is 9.09. The van der Waals surface area contributed by atoms with Crippen LogP contribution in [0.25, 0.3) is 5.69 Å². The van der Waals surface area contributed by atoms with Gasteiger partial charge in [-0.05, 0) is 56.3 Å². The molecule has 0 radical (unpaired) electrons. The first-order chi connectivity index (χ1) is 14.3. The van der Waals surface area contributed by atoms with Gasteiger partial charge in [0, 0.05) is 35.4 Å². The van der Waals surface area contributed by atoms with Crippen molar-refractivity contribution >= 4 is 29.2 Å². The predicted molar refractivity (Wildman–Crippen MR) is 115 cm³/mol. The van der Waals surface area contributed by atoms with Crippen LogP contribution in [0.5, 0.6) is 0 Å². The predicted octanol–water partition coefficient (Wildman–Crippen LogP) is 3.85. The molecular formula is C23H23N3O4. The number of carbonyl (C=O) groups is 3. The smallest absolute Gasteiger partial charge is 0.340 e. The van der Waals surface area contributed by atoms with Crippen molar-refractivity contribution in [2.45, 2.75) is 20.8 Å². The molecule has 30 heavy (non-hydrogen) atoms. The average molecular weight is 405 g/mol. The highest BCUT2D eigenvalue weighted by Crippen LogP contribution is 2.21. The number of nitrogens with one attached hydrogen (secondary N) is 2. The molecule has 0 spiro atoms. The molecule has 3 rings (SSSR count). The van der Waals surface area contributed by atoms with Gasteiger partial charge in [0.15, 0.2) is 6.61 Å². The molecule has 0 aliphatic carbocycles. The molecule has 2 aromatic carbocycles. The monoisotopic (exact) mass is 405 g/mol. The summed E-state index contributed by atoms with van der Waals surface area (Å²) in [5, 5.41) is 5.30. The minimum atomic E-state index is -0.554. The number of hydrogen-bond donors (Lipinski definition) is 2. The molecule has 0 atom stereocenters. The summed E-state index contributed by atoms with van der Waals surface area (Å²) in [6.45, 7) is 4.77. The van der Waals surface area contributed by atoms with Crippen molar-refractivity contribution in [3.8, 4) is 5.69 Å². The number of rotatable bonds is 6. The molecular weight excluding hydrogens is 382 g/mol. The van der Waals surface area contributed by atoms with Crippen LogP contribution in [0.3, 0.4) is 0 Å². The van der Waals surface area contributed by atoms with E-state index in [1.54, 1.807) is 30.3 Å². The lowest BCUT2D eigenvalue weighted by atomic mass is 10.2. The summed E-state index contributed by atoms with van der Waals surface area (Å²) in [5.41, 5.74) is 4.18. The molecule has 0 fully saturated rings. The highest BCUT2D eigenvalue weighted by Gasteiger charge is 2.18. The van der Waals surface area contributed by atoms with Crippen LogP contribution in [0, 0.1) is 13.8 Å². The molecule has 2 amide bonds. The summed E-state index contributed by atoms with van der Waals surface area (Å²) in [5.74, 6) is -1.18. The quantitative estimate of drug-likeness (QED) is 0.610. The second-order valence-electron chi connectivity index (χ2n) is 6.84. The van der Waals surface area contributed by atoms with Gasteiger partial charge in [0.2, 0.25) is 5.91 Å². The molecule has 0 unspecified atom stereocenters. The SMILES string of the molecule is CC(=O)Nc1ccc(NC(=O)COC(=O)c2cc(C)n(-c3ccccc3)c2C)cc1. The lowest BCUT2D eigenvalue weighted by molar-refractivity contribution is -0.119. The zero-order valence-electron chi connectivity index (χ0n) is 17.1. The van der Waals surface area contributed by atoms with Gasteiger partial charge in [-0.25, -0.2) is 4.79 Å². The highest BCUT2D eigenvalue weighted by atomic mass is 16.5. The van der Waals surface area contributed by atoms with E-state index in [-0.39, 0.29) is 5.91 Å². The molecule has 0 aliphatic rings. The lowest BCUT2D eigenvalue weighted by Crippen LogP contribution is -2.21. The van der Waals surface area contributed by atoms with Crippen LogP contribution in [-0.2, 0) is 14.3 Å². The maximum Gasteiger partial charge on any atom is 0.340 e. The van der Waals surface area contributed by atoms with Gasteiger partial charge in [0.1, 0.15) is 0 Å². The molecule has 0 aliphatic heterocycles. The molecule has 2 N–H and O–H groups in total. The largest absolute Gasteiger partial charge is 0.452 e. The van der Waals surface area contributed by atoms with Crippen LogP contribution in [0.1, 0.15) is 28.7 Å². The van der Waals surface area contributed by atoms with Crippen LogP contribution in [0.15, 0.2) is 60.7 Å². The van der Waals surface area contributed by atoms with E-state index in [2.05, 4.69) is 10.6 Å². The molecule has 0 bridgehead atoms. The Kier molecular flexibility index (Phi) is 6.32. The number of hydrogen-bond acceptors (Lipinski definition) is 4. The van der Waals surface area contributed by atoms with Crippen molar-refractivity contribution in [1.29, 1.82) is 0 Å². The van der Waals surface area contributed by atoms with Crippen LogP contribution in [0.2, 0.25) is 0 Å². The Bertz CT molecular complexity index is 1070. The normalized spacial score (nSPS) is 10.4. The topological polar surface area (TPSA) is 89.4 Å². The second-order valence-corrected chi connectivity index (χ2v) is 6.84. The zero-order chi connectivity index (χ0) is 21.7. The van der Waals surface area contributed by atoms with E-state index in [9.17, 15) is 14.4 Å². The molecule has 7 heteroatoms. The number of aromatic nitrogens is 1. The summed E-state index contributed by atoms with van der Waals surface area (Å²) in [4.78, 5) is 35.7. The minimum absolute atomic E-state index is 0.176. The van der Waals surface area contributed by atoms with Crippen molar-refractivity contribution in [1.82, 2.24) is 4.57 Å². The fraction of sp³-hybridized carbons (Fsp3) is 0.174.